The highest BCUT2D eigenvalue weighted by Crippen LogP contribution is 2.17. The molecular weight excluding hydrogens is 234 g/mol. The molecule has 0 heterocycles. The molecule has 1 rings (SSSR count). The molecule has 1 aromatic rings. The maximum atomic E-state index is 11.5. The van der Waals surface area contributed by atoms with Gasteiger partial charge in [-0.2, -0.15) is 0 Å². The summed E-state index contributed by atoms with van der Waals surface area (Å²) in [6, 6.07) is 7.09. The Labute approximate surface area is 107 Å². The summed E-state index contributed by atoms with van der Waals surface area (Å²) in [7, 11) is 1.63. The van der Waals surface area contributed by atoms with Crippen LogP contribution in [-0.4, -0.2) is 49.3 Å². The molecule has 0 atom stereocenters. The Morgan fingerprint density at radius 2 is 1.78 bits per heavy atom. The molecule has 0 spiro atoms. The van der Waals surface area contributed by atoms with Crippen molar-refractivity contribution in [1.82, 2.24) is 4.90 Å². The first kappa shape index (κ1) is 14.3. The lowest BCUT2D eigenvalue weighted by atomic mass is 10.3. The van der Waals surface area contributed by atoms with Crippen LogP contribution in [0.2, 0.25) is 0 Å². The zero-order chi connectivity index (χ0) is 13.4. The molecule has 0 radical (unpaired) electrons. The van der Waals surface area contributed by atoms with E-state index in [0.29, 0.717) is 18.9 Å². The average molecular weight is 253 g/mol. The summed E-state index contributed by atoms with van der Waals surface area (Å²) in [6.07, 6.45) is 0. The van der Waals surface area contributed by atoms with E-state index in [0.717, 1.165) is 5.75 Å². The van der Waals surface area contributed by atoms with Crippen molar-refractivity contribution in [2.75, 3.05) is 33.4 Å². The van der Waals surface area contributed by atoms with Crippen LogP contribution in [0, 0.1) is 0 Å². The van der Waals surface area contributed by atoms with Crippen molar-refractivity contribution in [3.8, 4) is 11.5 Å². The molecule has 1 N–H and O–H groups in total. The van der Waals surface area contributed by atoms with Gasteiger partial charge in [-0.25, -0.2) is 0 Å². The third kappa shape index (κ3) is 4.63. The topological polar surface area (TPSA) is 59.0 Å². The predicted octanol–water partition coefficient (Wildman–Crippen LogP) is 0.915. The molecule has 5 heteroatoms. The normalized spacial score (nSPS) is 9.94. The smallest absolute Gasteiger partial charge is 0.260 e. The molecule has 0 saturated heterocycles. The minimum atomic E-state index is -0.169. The van der Waals surface area contributed by atoms with Gasteiger partial charge >= 0.3 is 0 Å². The Morgan fingerprint density at radius 3 is 2.28 bits per heavy atom. The molecule has 5 nitrogen and oxygen atoms in total. The molecule has 0 aliphatic heterocycles. The lowest BCUT2D eigenvalue weighted by molar-refractivity contribution is -0.132. The Kier molecular flexibility index (Phi) is 6.00. The number of likely N-dealkylation sites (N-methyl/N-ethyl adjacent to an activating group) is 1. The van der Waals surface area contributed by atoms with Gasteiger partial charge in [-0.15, -0.1) is 0 Å². The second-order valence-electron chi connectivity index (χ2n) is 3.73. The van der Waals surface area contributed by atoms with Crippen LogP contribution in [-0.2, 0) is 4.79 Å². The fraction of sp³-hybridized carbons (Fsp3) is 0.462. The SMILES string of the molecule is CCOc1ccc(OCC(=O)N(C)CCO)cc1. The van der Waals surface area contributed by atoms with E-state index in [9.17, 15) is 4.79 Å². The van der Waals surface area contributed by atoms with E-state index >= 15 is 0 Å². The number of hydrogen-bond donors (Lipinski definition) is 1. The third-order valence-electron chi connectivity index (χ3n) is 2.36. The van der Waals surface area contributed by atoms with Crippen molar-refractivity contribution in [3.63, 3.8) is 0 Å². The molecule has 0 fully saturated rings. The highest BCUT2D eigenvalue weighted by atomic mass is 16.5. The van der Waals surface area contributed by atoms with Crippen LogP contribution in [0.3, 0.4) is 0 Å². The summed E-state index contributed by atoms with van der Waals surface area (Å²) < 4.78 is 10.6. The molecule has 0 saturated carbocycles. The number of ether oxygens (including phenoxy) is 2. The fourth-order valence-electron chi connectivity index (χ4n) is 1.33. The molecule has 0 aromatic heterocycles. The number of carbonyl (C=O) groups is 1. The van der Waals surface area contributed by atoms with Gasteiger partial charge in [0, 0.05) is 13.6 Å². The van der Waals surface area contributed by atoms with Gasteiger partial charge in [-0.1, -0.05) is 0 Å². The number of aliphatic hydroxyl groups excluding tert-OH is 1. The maximum Gasteiger partial charge on any atom is 0.260 e. The molecule has 0 unspecified atom stereocenters. The number of amides is 1. The number of hydrogen-bond acceptors (Lipinski definition) is 4. The summed E-state index contributed by atoms with van der Waals surface area (Å²) in [4.78, 5) is 13.0. The summed E-state index contributed by atoms with van der Waals surface area (Å²) in [5.74, 6) is 1.22. The first-order valence-corrected chi connectivity index (χ1v) is 5.88. The largest absolute Gasteiger partial charge is 0.494 e. The summed E-state index contributed by atoms with van der Waals surface area (Å²) in [5, 5.41) is 8.70. The highest BCUT2D eigenvalue weighted by molar-refractivity contribution is 5.77. The van der Waals surface area contributed by atoms with Crippen LogP contribution in [0.1, 0.15) is 6.92 Å². The van der Waals surface area contributed by atoms with Gasteiger partial charge < -0.3 is 19.5 Å². The van der Waals surface area contributed by atoms with Gasteiger partial charge in [-0.05, 0) is 31.2 Å². The molecule has 18 heavy (non-hydrogen) atoms. The van der Waals surface area contributed by atoms with E-state index in [-0.39, 0.29) is 19.1 Å². The Morgan fingerprint density at radius 1 is 1.22 bits per heavy atom. The maximum absolute atomic E-state index is 11.5. The van der Waals surface area contributed by atoms with Gasteiger partial charge in [0.05, 0.1) is 13.2 Å². The van der Waals surface area contributed by atoms with E-state index in [1.807, 2.05) is 6.92 Å². The van der Waals surface area contributed by atoms with Crippen LogP contribution in [0.4, 0.5) is 0 Å². The Balaban J connectivity index is 2.41. The molecule has 1 amide bonds. The van der Waals surface area contributed by atoms with Crippen molar-refractivity contribution in [2.45, 2.75) is 6.92 Å². The monoisotopic (exact) mass is 253 g/mol. The fourth-order valence-corrected chi connectivity index (χ4v) is 1.33. The predicted molar refractivity (Wildman–Crippen MR) is 67.8 cm³/mol. The van der Waals surface area contributed by atoms with Crippen LogP contribution in [0.15, 0.2) is 24.3 Å². The van der Waals surface area contributed by atoms with Gasteiger partial charge in [0.2, 0.25) is 0 Å². The number of nitrogens with zero attached hydrogens (tertiary/aromatic N) is 1. The second-order valence-corrected chi connectivity index (χ2v) is 3.73. The summed E-state index contributed by atoms with van der Waals surface area (Å²) in [6.45, 7) is 2.76. The molecule has 0 aliphatic rings. The van der Waals surface area contributed by atoms with E-state index in [1.165, 1.54) is 4.90 Å². The van der Waals surface area contributed by atoms with Crippen molar-refractivity contribution in [1.29, 1.82) is 0 Å². The molecule has 100 valence electrons. The number of aliphatic hydroxyl groups is 1. The van der Waals surface area contributed by atoms with Gasteiger partial charge in [0.25, 0.3) is 5.91 Å². The highest BCUT2D eigenvalue weighted by Gasteiger charge is 2.08. The molecule has 0 aliphatic carbocycles. The average Bonchev–Trinajstić information content (AvgIpc) is 2.38. The van der Waals surface area contributed by atoms with Crippen molar-refractivity contribution >= 4 is 5.91 Å². The summed E-state index contributed by atoms with van der Waals surface area (Å²) >= 11 is 0. The lowest BCUT2D eigenvalue weighted by Crippen LogP contribution is -2.33. The van der Waals surface area contributed by atoms with Gasteiger partial charge in [0.15, 0.2) is 6.61 Å². The van der Waals surface area contributed by atoms with E-state index in [1.54, 1.807) is 31.3 Å². The van der Waals surface area contributed by atoms with Gasteiger partial charge in [-0.3, -0.25) is 4.79 Å². The second kappa shape index (κ2) is 7.55. The minimum absolute atomic E-state index is 0.0372. The van der Waals surface area contributed by atoms with Crippen molar-refractivity contribution in [3.05, 3.63) is 24.3 Å². The van der Waals surface area contributed by atoms with E-state index in [2.05, 4.69) is 0 Å². The van der Waals surface area contributed by atoms with E-state index in [4.69, 9.17) is 14.6 Å². The Bertz CT molecular complexity index is 364. The van der Waals surface area contributed by atoms with Crippen LogP contribution < -0.4 is 9.47 Å². The van der Waals surface area contributed by atoms with Crippen LogP contribution in [0.25, 0.3) is 0 Å². The standard InChI is InChI=1S/C13H19NO4/c1-3-17-11-4-6-12(7-5-11)18-10-13(16)14(2)8-9-15/h4-7,15H,3,8-10H2,1-2H3. The quantitative estimate of drug-likeness (QED) is 0.785. The minimum Gasteiger partial charge on any atom is -0.494 e. The Hall–Kier alpha value is -1.75. The number of rotatable bonds is 7. The van der Waals surface area contributed by atoms with Crippen molar-refractivity contribution in [2.24, 2.45) is 0 Å². The zero-order valence-electron chi connectivity index (χ0n) is 10.8. The van der Waals surface area contributed by atoms with Crippen LogP contribution in [0.5, 0.6) is 11.5 Å². The zero-order valence-corrected chi connectivity index (χ0v) is 10.8. The van der Waals surface area contributed by atoms with Gasteiger partial charge in [0.1, 0.15) is 11.5 Å². The number of carbonyl (C=O) groups excluding carboxylic acids is 1. The van der Waals surface area contributed by atoms with Crippen LogP contribution >= 0.6 is 0 Å². The number of benzene rings is 1. The summed E-state index contributed by atoms with van der Waals surface area (Å²) in [5.41, 5.74) is 0. The lowest BCUT2D eigenvalue weighted by Gasteiger charge is -2.16. The molecule has 1 aromatic carbocycles. The third-order valence-corrected chi connectivity index (χ3v) is 2.36. The van der Waals surface area contributed by atoms with E-state index < -0.39 is 0 Å². The molecule has 0 bridgehead atoms. The molecular formula is C13H19NO4. The van der Waals surface area contributed by atoms with Crippen molar-refractivity contribution < 1.29 is 19.4 Å². The first-order chi connectivity index (χ1) is 8.67. The first-order valence-electron chi connectivity index (χ1n) is 5.88.